The molecule has 0 aliphatic carbocycles. The second kappa shape index (κ2) is 7.06. The van der Waals surface area contributed by atoms with Gasteiger partial charge in [0.2, 0.25) is 5.91 Å². The lowest BCUT2D eigenvalue weighted by atomic mass is 9.95. The van der Waals surface area contributed by atoms with Gasteiger partial charge < -0.3 is 15.4 Å². The zero-order chi connectivity index (χ0) is 16.2. The number of methoxy groups -OCH3 is 1. The Hall–Kier alpha value is -1.98. The standard InChI is InChI=1S/C18H23N3O2/c1-12(17(23-2)16-6-4-10-20-16)18(22)21-14-7-8-15-13(11-14)5-3-9-19-15/h3,5,7-9,11-12,16-17,20H,4,6,10H2,1-2H3,(H,21,22). The van der Waals surface area contributed by atoms with Crippen molar-refractivity contribution in [1.29, 1.82) is 0 Å². The third-order valence-corrected chi connectivity index (χ3v) is 4.54. The minimum atomic E-state index is -0.222. The molecule has 0 saturated carbocycles. The minimum Gasteiger partial charge on any atom is -0.379 e. The Labute approximate surface area is 136 Å². The van der Waals surface area contributed by atoms with Crippen molar-refractivity contribution in [3.63, 3.8) is 0 Å². The fraction of sp³-hybridized carbons (Fsp3) is 0.444. The molecular weight excluding hydrogens is 290 g/mol. The number of carbonyl (C=O) groups is 1. The van der Waals surface area contributed by atoms with E-state index in [9.17, 15) is 4.79 Å². The lowest BCUT2D eigenvalue weighted by Gasteiger charge is -2.27. The fourth-order valence-corrected chi connectivity index (χ4v) is 3.27. The maximum atomic E-state index is 12.6. The summed E-state index contributed by atoms with van der Waals surface area (Å²) in [7, 11) is 1.68. The van der Waals surface area contributed by atoms with Gasteiger partial charge in [-0.1, -0.05) is 13.0 Å². The summed E-state index contributed by atoms with van der Waals surface area (Å²) >= 11 is 0. The normalized spacial score (nSPS) is 20.3. The molecule has 1 fully saturated rings. The van der Waals surface area contributed by atoms with Crippen LogP contribution in [0.15, 0.2) is 36.5 Å². The molecule has 3 rings (SSSR count). The molecule has 1 aliphatic heterocycles. The van der Waals surface area contributed by atoms with E-state index in [0.29, 0.717) is 0 Å². The summed E-state index contributed by atoms with van der Waals surface area (Å²) < 4.78 is 5.59. The second-order valence-electron chi connectivity index (χ2n) is 6.09. The number of carbonyl (C=O) groups excluding carboxylic acids is 1. The van der Waals surface area contributed by atoms with Crippen LogP contribution >= 0.6 is 0 Å². The van der Waals surface area contributed by atoms with E-state index in [0.717, 1.165) is 36.0 Å². The summed E-state index contributed by atoms with van der Waals surface area (Å²) in [5, 5.41) is 7.43. The van der Waals surface area contributed by atoms with Crippen LogP contribution in [0, 0.1) is 5.92 Å². The number of pyridine rings is 1. The number of hydrogen-bond donors (Lipinski definition) is 2. The average molecular weight is 313 g/mol. The molecule has 3 atom stereocenters. The summed E-state index contributed by atoms with van der Waals surface area (Å²) in [5.74, 6) is -0.242. The SMILES string of the molecule is COC(C1CCCN1)C(C)C(=O)Nc1ccc2ncccc2c1. The van der Waals surface area contributed by atoms with Crippen molar-refractivity contribution < 1.29 is 9.53 Å². The first-order chi connectivity index (χ1) is 11.2. The predicted molar refractivity (Wildman–Crippen MR) is 91.4 cm³/mol. The van der Waals surface area contributed by atoms with Crippen LogP contribution in [-0.2, 0) is 9.53 Å². The highest BCUT2D eigenvalue weighted by atomic mass is 16.5. The van der Waals surface area contributed by atoms with Gasteiger partial charge in [0.25, 0.3) is 0 Å². The van der Waals surface area contributed by atoms with Crippen LogP contribution in [0.25, 0.3) is 10.9 Å². The van der Waals surface area contributed by atoms with Crippen molar-refractivity contribution in [2.24, 2.45) is 5.92 Å². The Morgan fingerprint density at radius 2 is 2.30 bits per heavy atom. The van der Waals surface area contributed by atoms with Gasteiger partial charge >= 0.3 is 0 Å². The van der Waals surface area contributed by atoms with Crippen LogP contribution in [0.3, 0.4) is 0 Å². The first-order valence-corrected chi connectivity index (χ1v) is 8.11. The number of benzene rings is 1. The van der Waals surface area contributed by atoms with Gasteiger partial charge in [-0.25, -0.2) is 0 Å². The number of ether oxygens (including phenoxy) is 1. The molecule has 0 spiro atoms. The molecule has 0 bridgehead atoms. The lowest BCUT2D eigenvalue weighted by Crippen LogP contribution is -2.44. The van der Waals surface area contributed by atoms with Gasteiger partial charge in [0.05, 0.1) is 17.5 Å². The van der Waals surface area contributed by atoms with E-state index in [1.807, 2.05) is 37.3 Å². The Kier molecular flexibility index (Phi) is 4.88. The molecule has 1 aliphatic rings. The monoisotopic (exact) mass is 313 g/mol. The van der Waals surface area contributed by atoms with Gasteiger partial charge in [0.1, 0.15) is 0 Å². The second-order valence-corrected chi connectivity index (χ2v) is 6.09. The summed E-state index contributed by atoms with van der Waals surface area (Å²) in [4.78, 5) is 16.9. The molecule has 2 heterocycles. The molecule has 2 N–H and O–H groups in total. The number of aromatic nitrogens is 1. The number of nitrogens with one attached hydrogen (secondary N) is 2. The summed E-state index contributed by atoms with van der Waals surface area (Å²) in [6.45, 7) is 2.92. The van der Waals surface area contributed by atoms with Crippen LogP contribution in [0.4, 0.5) is 5.69 Å². The van der Waals surface area contributed by atoms with Gasteiger partial charge in [0, 0.05) is 30.4 Å². The predicted octanol–water partition coefficient (Wildman–Crippen LogP) is 2.58. The number of nitrogens with zero attached hydrogens (tertiary/aromatic N) is 1. The molecule has 122 valence electrons. The van der Waals surface area contributed by atoms with Crippen LogP contribution < -0.4 is 10.6 Å². The van der Waals surface area contributed by atoms with Crippen molar-refractivity contribution in [2.45, 2.75) is 31.9 Å². The van der Waals surface area contributed by atoms with Gasteiger partial charge in [-0.2, -0.15) is 0 Å². The van der Waals surface area contributed by atoms with Gasteiger partial charge in [-0.3, -0.25) is 9.78 Å². The summed E-state index contributed by atoms with van der Waals surface area (Å²) in [6, 6.07) is 9.88. The van der Waals surface area contributed by atoms with Crippen LogP contribution in [-0.4, -0.2) is 36.7 Å². The van der Waals surface area contributed by atoms with Crippen LogP contribution in [0.2, 0.25) is 0 Å². The maximum absolute atomic E-state index is 12.6. The molecule has 1 aromatic carbocycles. The molecule has 1 aromatic heterocycles. The van der Waals surface area contributed by atoms with Crippen molar-refractivity contribution in [1.82, 2.24) is 10.3 Å². The Bertz CT molecular complexity index is 683. The fourth-order valence-electron chi connectivity index (χ4n) is 3.27. The first-order valence-electron chi connectivity index (χ1n) is 8.11. The van der Waals surface area contributed by atoms with Crippen LogP contribution in [0.5, 0.6) is 0 Å². The van der Waals surface area contributed by atoms with E-state index in [-0.39, 0.29) is 24.0 Å². The number of hydrogen-bond acceptors (Lipinski definition) is 4. The van der Waals surface area contributed by atoms with Crippen molar-refractivity contribution in [2.75, 3.05) is 19.0 Å². The molecule has 3 unspecified atom stereocenters. The summed E-state index contributed by atoms with van der Waals surface area (Å²) in [5.41, 5.74) is 1.71. The van der Waals surface area contributed by atoms with E-state index >= 15 is 0 Å². The topological polar surface area (TPSA) is 63.2 Å². The maximum Gasteiger partial charge on any atom is 0.229 e. The highest BCUT2D eigenvalue weighted by Crippen LogP contribution is 2.22. The third kappa shape index (κ3) is 3.51. The lowest BCUT2D eigenvalue weighted by molar-refractivity contribution is -0.124. The highest BCUT2D eigenvalue weighted by Gasteiger charge is 2.32. The Morgan fingerprint density at radius 3 is 3.04 bits per heavy atom. The molecule has 2 aromatic rings. The first kappa shape index (κ1) is 15.9. The zero-order valence-corrected chi connectivity index (χ0v) is 13.6. The Morgan fingerprint density at radius 1 is 1.43 bits per heavy atom. The van der Waals surface area contributed by atoms with Gasteiger partial charge in [0.15, 0.2) is 0 Å². The average Bonchev–Trinajstić information content (AvgIpc) is 3.09. The summed E-state index contributed by atoms with van der Waals surface area (Å²) in [6.07, 6.45) is 3.84. The molecule has 5 nitrogen and oxygen atoms in total. The smallest absolute Gasteiger partial charge is 0.229 e. The molecular formula is C18H23N3O2. The van der Waals surface area contributed by atoms with E-state index in [4.69, 9.17) is 4.74 Å². The van der Waals surface area contributed by atoms with E-state index in [1.54, 1.807) is 13.3 Å². The van der Waals surface area contributed by atoms with E-state index in [2.05, 4.69) is 15.6 Å². The minimum absolute atomic E-state index is 0.0196. The van der Waals surface area contributed by atoms with Gasteiger partial charge in [-0.05, 0) is 43.7 Å². The number of amides is 1. The largest absolute Gasteiger partial charge is 0.379 e. The quantitative estimate of drug-likeness (QED) is 0.890. The molecule has 0 radical (unpaired) electrons. The van der Waals surface area contributed by atoms with Crippen molar-refractivity contribution in [3.05, 3.63) is 36.5 Å². The van der Waals surface area contributed by atoms with Crippen LogP contribution in [0.1, 0.15) is 19.8 Å². The zero-order valence-electron chi connectivity index (χ0n) is 13.6. The Balaban J connectivity index is 1.71. The number of rotatable bonds is 5. The molecule has 5 heteroatoms. The van der Waals surface area contributed by atoms with Crippen molar-refractivity contribution in [3.8, 4) is 0 Å². The number of fused-ring (bicyclic) bond motifs is 1. The molecule has 23 heavy (non-hydrogen) atoms. The van der Waals surface area contributed by atoms with Gasteiger partial charge in [-0.15, -0.1) is 0 Å². The van der Waals surface area contributed by atoms with Crippen molar-refractivity contribution >= 4 is 22.5 Å². The third-order valence-electron chi connectivity index (χ3n) is 4.54. The van der Waals surface area contributed by atoms with E-state index < -0.39 is 0 Å². The highest BCUT2D eigenvalue weighted by molar-refractivity contribution is 5.95. The molecule has 1 amide bonds. The number of anilines is 1. The molecule has 1 saturated heterocycles. The van der Waals surface area contributed by atoms with E-state index in [1.165, 1.54) is 0 Å².